The Morgan fingerprint density at radius 3 is 1.96 bits per heavy atom. The number of allylic oxidation sites excluding steroid dienone is 1. The van der Waals surface area contributed by atoms with Crippen LogP contribution in [0.4, 0.5) is 0 Å². The minimum atomic E-state index is -1.87. The van der Waals surface area contributed by atoms with Crippen LogP contribution in [0.1, 0.15) is 5.56 Å². The molecular formula is C15H12Cl6N6O. The second-order valence-corrected chi connectivity index (χ2v) is 9.47. The maximum atomic E-state index is 5.88. The fourth-order valence-electron chi connectivity index (χ4n) is 1.83. The number of hydrazone groups is 1. The number of benzene rings is 1. The molecule has 0 bridgehead atoms. The summed E-state index contributed by atoms with van der Waals surface area (Å²) >= 11 is 35.2. The highest BCUT2D eigenvalue weighted by atomic mass is 35.6. The molecule has 1 N–H and O–H groups in total. The maximum Gasteiger partial charge on any atom is 0.301 e. The van der Waals surface area contributed by atoms with E-state index >= 15 is 0 Å². The number of ether oxygens (including phenoxy) is 1. The molecule has 28 heavy (non-hydrogen) atoms. The average Bonchev–Trinajstić information content (AvgIpc) is 2.68. The van der Waals surface area contributed by atoms with Gasteiger partial charge in [-0.05, 0) is 47.2 Å². The Bertz CT molecular complexity index is 793. The van der Waals surface area contributed by atoms with Crippen molar-refractivity contribution < 1.29 is 4.74 Å². The Hall–Kier alpha value is -1.22. The smallest absolute Gasteiger partial charge is 0.301 e. The number of aromatic nitrogens is 3. The largest absolute Gasteiger partial charge is 0.497 e. The molecule has 0 aliphatic carbocycles. The first-order valence-corrected chi connectivity index (χ1v) is 9.62. The predicted molar refractivity (Wildman–Crippen MR) is 114 cm³/mol. The van der Waals surface area contributed by atoms with Crippen LogP contribution in [-0.4, -0.2) is 41.1 Å². The lowest BCUT2D eigenvalue weighted by atomic mass is 10.1. The number of halogens is 6. The molecule has 1 aromatic heterocycles. The van der Waals surface area contributed by atoms with E-state index in [9.17, 15) is 0 Å². The number of hydrogen-bond donors (Lipinski definition) is 1. The van der Waals surface area contributed by atoms with Gasteiger partial charge in [-0.3, -0.25) is 5.43 Å². The molecule has 1 aliphatic rings. The van der Waals surface area contributed by atoms with Gasteiger partial charge in [-0.1, -0.05) is 69.6 Å². The molecule has 7 nitrogen and oxygen atoms in total. The van der Waals surface area contributed by atoms with Gasteiger partial charge in [0.15, 0.2) is 0 Å². The zero-order valence-electron chi connectivity index (χ0n) is 14.0. The number of alkyl halides is 6. The molecule has 1 aliphatic heterocycles. The molecule has 0 fully saturated rings. The molecule has 13 heteroatoms. The average molecular weight is 505 g/mol. The number of nitrogens with zero attached hydrogens (tertiary/aromatic N) is 5. The predicted octanol–water partition coefficient (Wildman–Crippen LogP) is 4.78. The molecule has 2 heterocycles. The van der Waals surface area contributed by atoms with E-state index in [0.29, 0.717) is 11.4 Å². The summed E-state index contributed by atoms with van der Waals surface area (Å²) in [5, 5.41) is 15.1. The van der Waals surface area contributed by atoms with Crippen molar-refractivity contribution in [1.82, 2.24) is 26.0 Å². The Kier molecular flexibility index (Phi) is 8.24. The van der Waals surface area contributed by atoms with E-state index in [0.717, 1.165) is 10.7 Å². The normalized spacial score (nSPS) is 14.2. The van der Waals surface area contributed by atoms with Crippen molar-refractivity contribution in [3.8, 4) is 5.75 Å². The zero-order valence-corrected chi connectivity index (χ0v) is 18.6. The third kappa shape index (κ3) is 6.99. The SMILES string of the molecule is COc1ccc(C2=CC(C(Cl)(Cl)Cl)=NN(C(Cl)(Cl)Cl)N2)cc1.c1cnnnc1. The van der Waals surface area contributed by atoms with Gasteiger partial charge in [0.25, 0.3) is 0 Å². The summed E-state index contributed by atoms with van der Waals surface area (Å²) < 4.78 is 1.47. The third-order valence-corrected chi connectivity index (χ3v) is 4.12. The van der Waals surface area contributed by atoms with Gasteiger partial charge in [0, 0.05) is 0 Å². The summed E-state index contributed by atoms with van der Waals surface area (Å²) in [6.07, 6.45) is 4.71. The molecule has 0 atom stereocenters. The van der Waals surface area contributed by atoms with E-state index < -0.39 is 7.71 Å². The Labute approximate surface area is 191 Å². The standard InChI is InChI=1S/C12H9Cl6N3O.C3H3N3/c1-22-8-4-2-7(3-5-8)9-6-10(11(13,14)15)20-21(19-9)12(16,17)18;1-2-4-6-5-3-1/h2-6,19H,1H3;1-3H. The van der Waals surface area contributed by atoms with E-state index in [2.05, 4.69) is 25.9 Å². The lowest BCUT2D eigenvalue weighted by molar-refractivity contribution is 0.236. The van der Waals surface area contributed by atoms with Crippen LogP contribution in [0.2, 0.25) is 0 Å². The van der Waals surface area contributed by atoms with Gasteiger partial charge in [-0.25, -0.2) is 0 Å². The van der Waals surface area contributed by atoms with Crippen molar-refractivity contribution in [3.63, 3.8) is 0 Å². The lowest BCUT2D eigenvalue weighted by Crippen LogP contribution is -2.45. The van der Waals surface area contributed by atoms with E-state index in [4.69, 9.17) is 74.3 Å². The quantitative estimate of drug-likeness (QED) is 0.468. The molecule has 0 spiro atoms. The highest BCUT2D eigenvalue weighted by molar-refractivity contribution is 6.77. The van der Waals surface area contributed by atoms with Gasteiger partial charge in [0.05, 0.1) is 25.2 Å². The minimum absolute atomic E-state index is 0.105. The summed E-state index contributed by atoms with van der Waals surface area (Å²) in [5.41, 5.74) is 4.26. The molecule has 0 radical (unpaired) electrons. The Morgan fingerprint density at radius 2 is 1.57 bits per heavy atom. The summed E-state index contributed by atoms with van der Waals surface area (Å²) in [6, 6.07) is 8.87. The second kappa shape index (κ2) is 10.0. The van der Waals surface area contributed by atoms with Crippen LogP contribution in [-0.2, 0) is 0 Å². The van der Waals surface area contributed by atoms with Gasteiger partial charge in [-0.2, -0.15) is 10.2 Å². The van der Waals surface area contributed by atoms with Crippen molar-refractivity contribution in [2.24, 2.45) is 5.10 Å². The Morgan fingerprint density at radius 1 is 0.964 bits per heavy atom. The van der Waals surface area contributed by atoms with Crippen LogP contribution < -0.4 is 10.2 Å². The molecule has 150 valence electrons. The van der Waals surface area contributed by atoms with Crippen LogP contribution in [0.15, 0.2) is 53.9 Å². The minimum Gasteiger partial charge on any atom is -0.497 e. The first kappa shape index (κ1) is 23.1. The molecule has 0 amide bonds. The van der Waals surface area contributed by atoms with Crippen LogP contribution >= 0.6 is 69.6 Å². The molecule has 3 rings (SSSR count). The van der Waals surface area contributed by atoms with E-state index in [-0.39, 0.29) is 5.71 Å². The van der Waals surface area contributed by atoms with Crippen molar-refractivity contribution in [1.29, 1.82) is 0 Å². The van der Waals surface area contributed by atoms with Gasteiger partial charge in [-0.15, -0.1) is 10.2 Å². The highest BCUT2D eigenvalue weighted by Crippen LogP contribution is 2.37. The summed E-state index contributed by atoms with van der Waals surface area (Å²) in [4.78, 5) is 0. The number of hydrogen-bond acceptors (Lipinski definition) is 7. The molecule has 0 saturated heterocycles. The van der Waals surface area contributed by atoms with Gasteiger partial charge >= 0.3 is 3.92 Å². The maximum absolute atomic E-state index is 5.88. The fourth-order valence-corrected chi connectivity index (χ4v) is 2.34. The third-order valence-electron chi connectivity index (χ3n) is 3.06. The first-order chi connectivity index (χ1) is 13.1. The summed E-state index contributed by atoms with van der Waals surface area (Å²) in [5.74, 6) is 0.702. The zero-order chi connectivity index (χ0) is 20.8. The van der Waals surface area contributed by atoms with Crippen LogP contribution in [0.25, 0.3) is 5.70 Å². The fraction of sp³-hybridized carbons (Fsp3) is 0.200. The van der Waals surface area contributed by atoms with Crippen molar-refractivity contribution in [2.45, 2.75) is 7.71 Å². The lowest BCUT2D eigenvalue weighted by Gasteiger charge is -2.33. The van der Waals surface area contributed by atoms with Crippen molar-refractivity contribution in [2.75, 3.05) is 7.11 Å². The Balaban J connectivity index is 0.000000397. The molecule has 0 unspecified atom stereocenters. The summed E-state index contributed by atoms with van der Waals surface area (Å²) in [6.45, 7) is 0. The van der Waals surface area contributed by atoms with Gasteiger partial charge < -0.3 is 4.74 Å². The molecule has 2 aromatic rings. The number of nitrogens with one attached hydrogen (secondary N) is 1. The second-order valence-electron chi connectivity index (χ2n) is 4.97. The van der Waals surface area contributed by atoms with Crippen LogP contribution in [0.3, 0.4) is 0 Å². The van der Waals surface area contributed by atoms with Crippen molar-refractivity contribution in [3.05, 3.63) is 54.4 Å². The van der Waals surface area contributed by atoms with Gasteiger partial charge in [0.2, 0.25) is 3.79 Å². The van der Waals surface area contributed by atoms with E-state index in [1.165, 1.54) is 0 Å². The number of rotatable bonds is 2. The first-order valence-electron chi connectivity index (χ1n) is 7.35. The van der Waals surface area contributed by atoms with Gasteiger partial charge in [0.1, 0.15) is 11.5 Å². The van der Waals surface area contributed by atoms with Crippen LogP contribution in [0.5, 0.6) is 5.75 Å². The highest BCUT2D eigenvalue weighted by Gasteiger charge is 2.37. The summed E-state index contributed by atoms with van der Waals surface area (Å²) in [7, 11) is 1.57. The van der Waals surface area contributed by atoms with Crippen molar-refractivity contribution >= 4 is 81.0 Å². The van der Waals surface area contributed by atoms with E-state index in [1.54, 1.807) is 55.9 Å². The topological polar surface area (TPSA) is 75.5 Å². The van der Waals surface area contributed by atoms with E-state index in [1.807, 2.05) is 0 Å². The molecule has 1 aromatic carbocycles. The molecular weight excluding hydrogens is 493 g/mol. The van der Waals surface area contributed by atoms with Crippen LogP contribution in [0, 0.1) is 0 Å². The number of hydrazine groups is 1. The monoisotopic (exact) mass is 502 g/mol. The number of methoxy groups -OCH3 is 1. The molecule has 0 saturated carbocycles.